The van der Waals surface area contributed by atoms with Gasteiger partial charge in [-0.1, -0.05) is 35.9 Å². The molecule has 4 aromatic rings. The Morgan fingerprint density at radius 3 is 2.57 bits per heavy atom. The second kappa shape index (κ2) is 11.0. The van der Waals surface area contributed by atoms with Gasteiger partial charge < -0.3 is 10.1 Å². The predicted molar refractivity (Wildman–Crippen MR) is 143 cm³/mol. The Hall–Kier alpha value is -3.98. The molecule has 1 unspecified atom stereocenters. The van der Waals surface area contributed by atoms with Crippen molar-refractivity contribution in [1.29, 1.82) is 0 Å². The molecule has 0 aliphatic carbocycles. The van der Waals surface area contributed by atoms with E-state index in [4.69, 9.17) is 16.3 Å². The van der Waals surface area contributed by atoms with Crippen LogP contribution < -0.4 is 15.0 Å². The summed E-state index contributed by atoms with van der Waals surface area (Å²) in [4.78, 5) is 33.5. The maximum Gasteiger partial charge on any atom is 0.249 e. The second-order valence-corrected chi connectivity index (χ2v) is 9.66. The molecule has 0 saturated heterocycles. The van der Waals surface area contributed by atoms with E-state index in [1.807, 2.05) is 45.0 Å². The van der Waals surface area contributed by atoms with Crippen LogP contribution in [0.5, 0.6) is 5.75 Å². The molecule has 1 atom stereocenters. The third-order valence-corrected chi connectivity index (χ3v) is 6.48. The zero-order valence-electron chi connectivity index (χ0n) is 21.2. The summed E-state index contributed by atoms with van der Waals surface area (Å²) >= 11 is 6.37. The smallest absolute Gasteiger partial charge is 0.249 e. The maximum atomic E-state index is 14.1. The van der Waals surface area contributed by atoms with Crippen molar-refractivity contribution in [2.45, 2.75) is 45.3 Å². The number of anilines is 1. The van der Waals surface area contributed by atoms with Gasteiger partial charge in [-0.15, -0.1) is 5.10 Å². The molecule has 9 nitrogen and oxygen atoms in total. The third kappa shape index (κ3) is 5.72. The zero-order valence-corrected chi connectivity index (χ0v) is 21.9. The van der Waals surface area contributed by atoms with E-state index in [1.54, 1.807) is 42.7 Å². The van der Waals surface area contributed by atoms with Crippen LogP contribution in [0.3, 0.4) is 0 Å². The molecule has 0 fully saturated rings. The van der Waals surface area contributed by atoms with E-state index in [1.165, 1.54) is 16.7 Å². The van der Waals surface area contributed by atoms with Crippen LogP contribution in [0.15, 0.2) is 67.0 Å². The number of amides is 2. The Balaban J connectivity index is 1.87. The lowest BCUT2D eigenvalue weighted by molar-refractivity contribution is -0.128. The summed E-state index contributed by atoms with van der Waals surface area (Å²) in [5, 5.41) is 11.8. The number of halogens is 1. The SMILES string of the molecule is CCC(C)(C)NC(=O)C(c1ccncc1)N(C(=O)Cn1nnc2ccccc21)c1cc(Cl)ccc1OC. The van der Waals surface area contributed by atoms with Gasteiger partial charge in [-0.25, -0.2) is 4.68 Å². The quantitative estimate of drug-likeness (QED) is 0.347. The van der Waals surface area contributed by atoms with Crippen LogP contribution in [0, 0.1) is 0 Å². The molecule has 2 heterocycles. The fourth-order valence-electron chi connectivity index (χ4n) is 3.96. The van der Waals surface area contributed by atoms with Crippen molar-refractivity contribution in [2.24, 2.45) is 0 Å². The average Bonchev–Trinajstić information content (AvgIpc) is 3.30. The van der Waals surface area contributed by atoms with Crippen LogP contribution in [-0.4, -0.2) is 44.4 Å². The summed E-state index contributed by atoms with van der Waals surface area (Å²) in [6.45, 7) is 5.69. The van der Waals surface area contributed by atoms with E-state index in [9.17, 15) is 9.59 Å². The third-order valence-electron chi connectivity index (χ3n) is 6.25. The van der Waals surface area contributed by atoms with Crippen LogP contribution in [0.25, 0.3) is 11.0 Å². The molecule has 1 N–H and O–H groups in total. The largest absolute Gasteiger partial charge is 0.495 e. The van der Waals surface area contributed by atoms with Gasteiger partial charge in [0.25, 0.3) is 0 Å². The van der Waals surface area contributed by atoms with Crippen LogP contribution in [0.4, 0.5) is 5.69 Å². The standard InChI is InChI=1S/C27H29ClN6O3/c1-5-27(2,3)30-26(36)25(18-12-14-29-15-13-18)34(22-16-19(28)10-11-23(22)37-4)24(35)17-33-21-9-7-6-8-20(21)31-32-33/h6-16,25H,5,17H2,1-4H3,(H,30,36). The summed E-state index contributed by atoms with van der Waals surface area (Å²) < 4.78 is 7.11. The number of hydrogen-bond acceptors (Lipinski definition) is 6. The molecule has 0 saturated carbocycles. The summed E-state index contributed by atoms with van der Waals surface area (Å²) in [5.74, 6) is -0.359. The van der Waals surface area contributed by atoms with Crippen molar-refractivity contribution in [3.63, 3.8) is 0 Å². The predicted octanol–water partition coefficient (Wildman–Crippen LogP) is 4.57. The van der Waals surface area contributed by atoms with Crippen LogP contribution >= 0.6 is 11.6 Å². The van der Waals surface area contributed by atoms with E-state index in [-0.39, 0.29) is 12.5 Å². The molecule has 0 aliphatic heterocycles. The number of nitrogens with zero attached hydrogens (tertiary/aromatic N) is 5. The lowest BCUT2D eigenvalue weighted by Gasteiger charge is -2.35. The van der Waals surface area contributed by atoms with Crippen LogP contribution in [0.2, 0.25) is 5.02 Å². The van der Waals surface area contributed by atoms with Gasteiger partial charge in [0.05, 0.1) is 18.3 Å². The molecule has 0 bridgehead atoms. The lowest BCUT2D eigenvalue weighted by Crippen LogP contribution is -2.51. The number of para-hydroxylation sites is 1. The minimum absolute atomic E-state index is 0.164. The van der Waals surface area contributed by atoms with Gasteiger partial charge in [-0.2, -0.15) is 0 Å². The number of hydrogen-bond donors (Lipinski definition) is 1. The fourth-order valence-corrected chi connectivity index (χ4v) is 4.13. The first kappa shape index (κ1) is 26.1. The minimum Gasteiger partial charge on any atom is -0.495 e. The normalized spacial score (nSPS) is 12.2. The molecular formula is C27H29ClN6O3. The number of methoxy groups -OCH3 is 1. The van der Waals surface area contributed by atoms with Crippen LogP contribution in [-0.2, 0) is 16.1 Å². The highest BCUT2D eigenvalue weighted by molar-refractivity contribution is 6.31. The van der Waals surface area contributed by atoms with Gasteiger partial charge in [-0.3, -0.25) is 19.5 Å². The minimum atomic E-state index is -1.04. The highest BCUT2D eigenvalue weighted by Crippen LogP contribution is 2.37. The Kier molecular flexibility index (Phi) is 7.73. The molecule has 2 aromatic carbocycles. The molecule has 0 spiro atoms. The summed E-state index contributed by atoms with van der Waals surface area (Å²) in [6.07, 6.45) is 3.87. The number of rotatable bonds is 9. The molecule has 0 aliphatic rings. The number of nitrogens with one attached hydrogen (secondary N) is 1. The highest BCUT2D eigenvalue weighted by atomic mass is 35.5. The van der Waals surface area contributed by atoms with Crippen molar-refractivity contribution in [1.82, 2.24) is 25.3 Å². The first-order valence-electron chi connectivity index (χ1n) is 11.9. The van der Waals surface area contributed by atoms with E-state index in [2.05, 4.69) is 20.6 Å². The fraction of sp³-hybridized carbons (Fsp3) is 0.296. The molecule has 4 rings (SSSR count). The average molecular weight is 521 g/mol. The van der Waals surface area contributed by atoms with Crippen molar-refractivity contribution < 1.29 is 14.3 Å². The molecule has 192 valence electrons. The number of carbonyl (C=O) groups is 2. The molecule has 10 heteroatoms. The first-order valence-corrected chi connectivity index (χ1v) is 12.3. The van der Waals surface area contributed by atoms with Gasteiger partial charge in [0.2, 0.25) is 11.8 Å². The molecular weight excluding hydrogens is 492 g/mol. The van der Waals surface area contributed by atoms with Crippen molar-refractivity contribution in [3.8, 4) is 5.75 Å². The van der Waals surface area contributed by atoms with Gasteiger partial charge >= 0.3 is 0 Å². The van der Waals surface area contributed by atoms with Gasteiger partial charge in [-0.05, 0) is 68.3 Å². The molecule has 2 amide bonds. The number of benzene rings is 2. The Labute approximate surface area is 220 Å². The van der Waals surface area contributed by atoms with Crippen molar-refractivity contribution in [2.75, 3.05) is 12.0 Å². The van der Waals surface area contributed by atoms with Crippen molar-refractivity contribution in [3.05, 3.63) is 77.6 Å². The van der Waals surface area contributed by atoms with E-state index < -0.39 is 17.5 Å². The zero-order chi connectivity index (χ0) is 26.6. The number of aromatic nitrogens is 4. The second-order valence-electron chi connectivity index (χ2n) is 9.23. The lowest BCUT2D eigenvalue weighted by atomic mass is 9.98. The maximum absolute atomic E-state index is 14.1. The van der Waals surface area contributed by atoms with E-state index in [0.717, 1.165) is 0 Å². The summed E-state index contributed by atoms with van der Waals surface area (Å²) in [6, 6.07) is 14.7. The topological polar surface area (TPSA) is 102 Å². The van der Waals surface area contributed by atoms with Gasteiger partial charge in [0.1, 0.15) is 23.9 Å². The summed E-state index contributed by atoms with van der Waals surface area (Å²) in [7, 11) is 1.50. The summed E-state index contributed by atoms with van der Waals surface area (Å²) in [5.41, 5.74) is 1.80. The van der Waals surface area contributed by atoms with Gasteiger partial charge in [0.15, 0.2) is 0 Å². The van der Waals surface area contributed by atoms with E-state index in [0.29, 0.717) is 39.5 Å². The van der Waals surface area contributed by atoms with E-state index >= 15 is 0 Å². The van der Waals surface area contributed by atoms with Crippen LogP contribution in [0.1, 0.15) is 38.8 Å². The monoisotopic (exact) mass is 520 g/mol. The molecule has 0 radical (unpaired) electrons. The first-order chi connectivity index (χ1) is 17.7. The Morgan fingerprint density at radius 2 is 1.86 bits per heavy atom. The molecule has 37 heavy (non-hydrogen) atoms. The number of fused-ring (bicyclic) bond motifs is 1. The Bertz CT molecular complexity index is 1410. The highest BCUT2D eigenvalue weighted by Gasteiger charge is 2.36. The number of ether oxygens (including phenoxy) is 1. The Morgan fingerprint density at radius 1 is 1.14 bits per heavy atom. The molecule has 2 aromatic heterocycles. The number of pyridine rings is 1. The number of carbonyl (C=O) groups excluding carboxylic acids is 2. The van der Waals surface area contributed by atoms with Crippen molar-refractivity contribution >= 4 is 40.1 Å². The van der Waals surface area contributed by atoms with Gasteiger partial charge in [0, 0.05) is 23.0 Å².